The van der Waals surface area contributed by atoms with E-state index in [1.807, 2.05) is 42.5 Å². The van der Waals surface area contributed by atoms with E-state index in [0.29, 0.717) is 5.02 Å². The second-order valence-electron chi connectivity index (χ2n) is 5.92. The molecule has 0 bridgehead atoms. The van der Waals surface area contributed by atoms with Crippen LogP contribution in [-0.4, -0.2) is 27.4 Å². The number of aromatic nitrogens is 2. The summed E-state index contributed by atoms with van der Waals surface area (Å²) in [6, 6.07) is 16.0. The van der Waals surface area contributed by atoms with Crippen LogP contribution in [0.2, 0.25) is 5.02 Å². The Labute approximate surface area is 139 Å². The third-order valence-electron chi connectivity index (χ3n) is 4.26. The Kier molecular flexibility index (Phi) is 3.63. The minimum atomic E-state index is -0.194. The van der Waals surface area contributed by atoms with E-state index >= 15 is 0 Å². The van der Waals surface area contributed by atoms with Gasteiger partial charge in [-0.05, 0) is 25.0 Å². The van der Waals surface area contributed by atoms with Gasteiger partial charge in [0.25, 0.3) is 0 Å². The Balaban J connectivity index is 1.77. The smallest absolute Gasteiger partial charge is 0.156 e. The summed E-state index contributed by atoms with van der Waals surface area (Å²) in [5.74, 6) is 0.773. The van der Waals surface area contributed by atoms with Crippen LogP contribution < -0.4 is 5.32 Å². The molecule has 2 aromatic carbocycles. The number of rotatable bonds is 3. The number of halogens is 1. The van der Waals surface area contributed by atoms with E-state index in [-0.39, 0.29) is 12.1 Å². The van der Waals surface area contributed by atoms with Crippen LogP contribution in [0.5, 0.6) is 0 Å². The minimum Gasteiger partial charge on any atom is -0.393 e. The lowest BCUT2D eigenvalue weighted by Crippen LogP contribution is -2.39. The van der Waals surface area contributed by atoms with Crippen molar-refractivity contribution in [2.45, 2.75) is 25.0 Å². The van der Waals surface area contributed by atoms with Crippen LogP contribution in [0.4, 0.5) is 5.82 Å². The molecule has 1 heterocycles. The number of anilines is 1. The van der Waals surface area contributed by atoms with E-state index in [9.17, 15) is 5.11 Å². The molecule has 3 aromatic rings. The highest BCUT2D eigenvalue weighted by molar-refractivity contribution is 6.30. The van der Waals surface area contributed by atoms with Gasteiger partial charge in [0.15, 0.2) is 5.82 Å². The van der Waals surface area contributed by atoms with E-state index in [4.69, 9.17) is 11.6 Å². The Hall–Kier alpha value is -2.17. The van der Waals surface area contributed by atoms with Crippen molar-refractivity contribution in [3.05, 3.63) is 53.6 Å². The molecule has 0 amide bonds. The maximum atomic E-state index is 9.44. The molecule has 2 N–H and O–H groups in total. The normalized spacial score (nSPS) is 20.3. The van der Waals surface area contributed by atoms with Crippen molar-refractivity contribution >= 4 is 28.2 Å². The van der Waals surface area contributed by atoms with Crippen molar-refractivity contribution in [2.75, 3.05) is 5.32 Å². The molecule has 4 rings (SSSR count). The molecule has 0 saturated heterocycles. The molecular formula is C18H16ClN3O. The van der Waals surface area contributed by atoms with E-state index < -0.39 is 0 Å². The number of benzene rings is 2. The molecule has 0 unspecified atom stereocenters. The number of fused-ring (bicyclic) bond motifs is 1. The molecule has 4 nitrogen and oxygen atoms in total. The monoisotopic (exact) mass is 325 g/mol. The van der Waals surface area contributed by atoms with Crippen molar-refractivity contribution in [3.8, 4) is 11.3 Å². The van der Waals surface area contributed by atoms with E-state index in [1.54, 1.807) is 0 Å². The predicted octanol–water partition coefficient (Wildman–Crippen LogP) is 3.89. The van der Waals surface area contributed by atoms with Crippen LogP contribution in [0, 0.1) is 0 Å². The molecule has 116 valence electrons. The van der Waals surface area contributed by atoms with Gasteiger partial charge < -0.3 is 10.4 Å². The first kappa shape index (κ1) is 14.4. The second kappa shape index (κ2) is 5.80. The lowest BCUT2D eigenvalue weighted by Gasteiger charge is -2.32. The summed E-state index contributed by atoms with van der Waals surface area (Å²) in [6.07, 6.45) is 1.32. The zero-order valence-corrected chi connectivity index (χ0v) is 13.2. The first-order chi connectivity index (χ1) is 11.2. The summed E-state index contributed by atoms with van der Waals surface area (Å²) < 4.78 is 0. The van der Waals surface area contributed by atoms with E-state index in [0.717, 1.165) is 40.7 Å². The molecule has 0 radical (unpaired) electrons. The number of aliphatic hydroxyl groups is 1. The minimum absolute atomic E-state index is 0.194. The molecule has 23 heavy (non-hydrogen) atoms. The van der Waals surface area contributed by atoms with Crippen LogP contribution in [-0.2, 0) is 0 Å². The molecule has 0 atom stereocenters. The summed E-state index contributed by atoms with van der Waals surface area (Å²) in [5, 5.41) is 24.4. The third kappa shape index (κ3) is 2.76. The van der Waals surface area contributed by atoms with Gasteiger partial charge in [0.1, 0.15) is 5.69 Å². The molecule has 1 saturated carbocycles. The molecule has 0 spiro atoms. The number of nitrogens with one attached hydrogen (secondary N) is 1. The molecule has 1 aromatic heterocycles. The SMILES string of the molecule is OC1CC(Nc2nnc(-c3ccc(Cl)cc3)c3ccccc23)C1. The van der Waals surface area contributed by atoms with Gasteiger partial charge in [0.05, 0.1) is 6.10 Å². The summed E-state index contributed by atoms with van der Waals surface area (Å²) >= 11 is 5.97. The maximum Gasteiger partial charge on any atom is 0.156 e. The van der Waals surface area contributed by atoms with Gasteiger partial charge in [-0.2, -0.15) is 0 Å². The zero-order valence-electron chi connectivity index (χ0n) is 12.4. The van der Waals surface area contributed by atoms with Gasteiger partial charge in [-0.25, -0.2) is 0 Å². The fraction of sp³-hybridized carbons (Fsp3) is 0.222. The predicted molar refractivity (Wildman–Crippen MR) is 92.6 cm³/mol. The van der Waals surface area contributed by atoms with E-state index in [2.05, 4.69) is 21.6 Å². The average molecular weight is 326 g/mol. The van der Waals surface area contributed by atoms with Crippen molar-refractivity contribution < 1.29 is 5.11 Å². The van der Waals surface area contributed by atoms with Crippen molar-refractivity contribution in [3.63, 3.8) is 0 Å². The molecule has 1 aliphatic rings. The van der Waals surface area contributed by atoms with Gasteiger partial charge in [-0.3, -0.25) is 0 Å². The Morgan fingerprint density at radius 1 is 0.957 bits per heavy atom. The molecule has 1 aliphatic carbocycles. The van der Waals surface area contributed by atoms with Crippen LogP contribution >= 0.6 is 11.6 Å². The maximum absolute atomic E-state index is 9.44. The number of hydrogen-bond acceptors (Lipinski definition) is 4. The summed E-state index contributed by atoms with van der Waals surface area (Å²) in [4.78, 5) is 0. The topological polar surface area (TPSA) is 58.0 Å². The Bertz CT molecular complexity index is 845. The lowest BCUT2D eigenvalue weighted by molar-refractivity contribution is 0.0835. The zero-order chi connectivity index (χ0) is 15.8. The first-order valence-electron chi connectivity index (χ1n) is 7.66. The third-order valence-corrected chi connectivity index (χ3v) is 4.51. The molecule has 0 aliphatic heterocycles. The summed E-state index contributed by atoms with van der Waals surface area (Å²) in [6.45, 7) is 0. The van der Waals surface area contributed by atoms with Crippen molar-refractivity contribution in [1.82, 2.24) is 10.2 Å². The first-order valence-corrected chi connectivity index (χ1v) is 8.04. The van der Waals surface area contributed by atoms with Crippen LogP contribution in [0.1, 0.15) is 12.8 Å². The summed E-state index contributed by atoms with van der Waals surface area (Å²) in [7, 11) is 0. The largest absolute Gasteiger partial charge is 0.393 e. The molecule has 1 fully saturated rings. The van der Waals surface area contributed by atoms with Crippen LogP contribution in [0.25, 0.3) is 22.0 Å². The van der Waals surface area contributed by atoms with Crippen molar-refractivity contribution in [2.24, 2.45) is 0 Å². The Morgan fingerprint density at radius 2 is 1.65 bits per heavy atom. The lowest BCUT2D eigenvalue weighted by atomic mass is 9.89. The fourth-order valence-electron chi connectivity index (χ4n) is 2.93. The molecule has 5 heteroatoms. The standard InChI is InChI=1S/C18H16ClN3O/c19-12-7-5-11(6-8-12)17-15-3-1-2-4-16(15)18(22-21-17)20-13-9-14(23)10-13/h1-8,13-14,23H,9-10H2,(H,20,22). The number of hydrogen-bond donors (Lipinski definition) is 2. The second-order valence-corrected chi connectivity index (χ2v) is 6.35. The van der Waals surface area contributed by atoms with Crippen molar-refractivity contribution in [1.29, 1.82) is 0 Å². The van der Waals surface area contributed by atoms with Gasteiger partial charge >= 0.3 is 0 Å². The van der Waals surface area contributed by atoms with Gasteiger partial charge in [0, 0.05) is 27.4 Å². The highest BCUT2D eigenvalue weighted by atomic mass is 35.5. The molecular weight excluding hydrogens is 310 g/mol. The quantitative estimate of drug-likeness (QED) is 0.767. The number of aliphatic hydroxyl groups excluding tert-OH is 1. The van der Waals surface area contributed by atoms with Crippen LogP contribution in [0.3, 0.4) is 0 Å². The highest BCUT2D eigenvalue weighted by Crippen LogP contribution is 2.32. The van der Waals surface area contributed by atoms with Gasteiger partial charge in [-0.15, -0.1) is 10.2 Å². The Morgan fingerprint density at radius 3 is 2.35 bits per heavy atom. The summed E-state index contributed by atoms with van der Waals surface area (Å²) in [5.41, 5.74) is 1.83. The highest BCUT2D eigenvalue weighted by Gasteiger charge is 2.27. The van der Waals surface area contributed by atoms with Gasteiger partial charge in [0.2, 0.25) is 0 Å². The van der Waals surface area contributed by atoms with Crippen LogP contribution in [0.15, 0.2) is 48.5 Å². The van der Waals surface area contributed by atoms with Gasteiger partial charge in [-0.1, -0.05) is 48.0 Å². The number of nitrogens with zero attached hydrogens (tertiary/aromatic N) is 2. The average Bonchev–Trinajstić information content (AvgIpc) is 2.55. The van der Waals surface area contributed by atoms with E-state index in [1.165, 1.54) is 0 Å². The fourth-order valence-corrected chi connectivity index (χ4v) is 3.06.